The van der Waals surface area contributed by atoms with Gasteiger partial charge in [-0.1, -0.05) is 6.92 Å². The molecular formula is C20H25N5O. The Bertz CT molecular complexity index is 754. The predicted octanol–water partition coefficient (Wildman–Crippen LogP) is 2.57. The average molecular weight is 351 g/mol. The second kappa shape index (κ2) is 7.02. The SMILES string of the molecule is CCc1ccc(C(=O)N2CCC3(CC2)CCN(c2ncccn2)C3)cn1. The first kappa shape index (κ1) is 16.9. The van der Waals surface area contributed by atoms with Crippen molar-refractivity contribution in [1.82, 2.24) is 19.9 Å². The molecule has 4 heterocycles. The van der Waals surface area contributed by atoms with E-state index in [1.165, 1.54) is 0 Å². The van der Waals surface area contributed by atoms with Crippen molar-refractivity contribution in [1.29, 1.82) is 0 Å². The van der Waals surface area contributed by atoms with Gasteiger partial charge in [0.1, 0.15) is 0 Å². The normalized spacial score (nSPS) is 19.1. The molecule has 0 bridgehead atoms. The summed E-state index contributed by atoms with van der Waals surface area (Å²) in [6.07, 6.45) is 9.45. The fourth-order valence-electron chi connectivity index (χ4n) is 4.10. The van der Waals surface area contributed by atoms with Crippen molar-refractivity contribution in [2.45, 2.75) is 32.6 Å². The van der Waals surface area contributed by atoms with Crippen molar-refractivity contribution in [3.8, 4) is 0 Å². The van der Waals surface area contributed by atoms with Crippen molar-refractivity contribution in [3.63, 3.8) is 0 Å². The Labute approximate surface area is 154 Å². The number of aryl methyl sites for hydroxylation is 1. The van der Waals surface area contributed by atoms with Gasteiger partial charge in [0, 0.05) is 50.5 Å². The lowest BCUT2D eigenvalue weighted by Crippen LogP contribution is -2.44. The zero-order valence-corrected chi connectivity index (χ0v) is 15.3. The standard InChI is InChI=1S/C20H25N5O/c1-2-17-5-4-16(14-23-17)18(26)24-11-6-20(7-12-24)8-13-25(15-20)19-21-9-3-10-22-19/h3-5,9-10,14H,2,6-8,11-13,15H2,1H3. The van der Waals surface area contributed by atoms with E-state index in [2.05, 4.69) is 26.8 Å². The first-order chi connectivity index (χ1) is 12.7. The van der Waals surface area contributed by atoms with Crippen LogP contribution in [-0.2, 0) is 6.42 Å². The number of carbonyl (C=O) groups is 1. The summed E-state index contributed by atoms with van der Waals surface area (Å²) in [5.74, 6) is 0.932. The van der Waals surface area contributed by atoms with Gasteiger partial charge in [-0.2, -0.15) is 0 Å². The number of hydrogen-bond donors (Lipinski definition) is 0. The van der Waals surface area contributed by atoms with Crippen LogP contribution in [0.2, 0.25) is 0 Å². The largest absolute Gasteiger partial charge is 0.340 e. The molecule has 2 aliphatic rings. The number of carbonyl (C=O) groups excluding carboxylic acids is 1. The zero-order chi connectivity index (χ0) is 18.0. The van der Waals surface area contributed by atoms with E-state index in [9.17, 15) is 4.79 Å². The highest BCUT2D eigenvalue weighted by atomic mass is 16.2. The summed E-state index contributed by atoms with van der Waals surface area (Å²) in [6.45, 7) is 5.70. The summed E-state index contributed by atoms with van der Waals surface area (Å²) in [4.78, 5) is 30.1. The Morgan fingerprint density at radius 3 is 2.46 bits per heavy atom. The van der Waals surface area contributed by atoms with Crippen LogP contribution in [0.4, 0.5) is 5.95 Å². The average Bonchev–Trinajstić information content (AvgIpc) is 3.12. The molecule has 0 aliphatic carbocycles. The van der Waals surface area contributed by atoms with Gasteiger partial charge in [0.15, 0.2) is 0 Å². The third-order valence-corrected chi connectivity index (χ3v) is 5.82. The molecule has 6 heteroatoms. The quantitative estimate of drug-likeness (QED) is 0.850. The van der Waals surface area contributed by atoms with E-state index in [1.54, 1.807) is 18.6 Å². The molecule has 0 atom stereocenters. The van der Waals surface area contributed by atoms with Gasteiger partial charge in [-0.15, -0.1) is 0 Å². The molecule has 0 unspecified atom stereocenters. The summed E-state index contributed by atoms with van der Waals surface area (Å²) in [5.41, 5.74) is 2.01. The van der Waals surface area contributed by atoms with Crippen LogP contribution in [0, 0.1) is 5.41 Å². The molecule has 0 radical (unpaired) electrons. The minimum absolute atomic E-state index is 0.108. The van der Waals surface area contributed by atoms with E-state index in [0.29, 0.717) is 11.0 Å². The molecule has 2 saturated heterocycles. The number of anilines is 1. The fraction of sp³-hybridized carbons (Fsp3) is 0.500. The highest BCUT2D eigenvalue weighted by Gasteiger charge is 2.42. The summed E-state index contributed by atoms with van der Waals surface area (Å²) in [7, 11) is 0. The van der Waals surface area contributed by atoms with Crippen LogP contribution in [0.25, 0.3) is 0 Å². The molecule has 0 aromatic carbocycles. The maximum Gasteiger partial charge on any atom is 0.255 e. The van der Waals surface area contributed by atoms with Crippen LogP contribution in [-0.4, -0.2) is 51.9 Å². The molecule has 1 amide bonds. The minimum Gasteiger partial charge on any atom is -0.340 e. The molecule has 4 rings (SSSR count). The van der Waals surface area contributed by atoms with Crippen LogP contribution in [0.15, 0.2) is 36.8 Å². The number of nitrogens with zero attached hydrogens (tertiary/aromatic N) is 5. The number of pyridine rings is 1. The molecule has 2 aliphatic heterocycles. The van der Waals surface area contributed by atoms with Gasteiger partial charge in [0.2, 0.25) is 5.95 Å². The molecule has 0 N–H and O–H groups in total. The second-order valence-corrected chi connectivity index (χ2v) is 7.40. The number of aromatic nitrogens is 3. The molecule has 136 valence electrons. The maximum absolute atomic E-state index is 12.7. The lowest BCUT2D eigenvalue weighted by atomic mass is 9.77. The van der Waals surface area contributed by atoms with E-state index >= 15 is 0 Å². The summed E-state index contributed by atoms with van der Waals surface area (Å²) < 4.78 is 0. The molecule has 26 heavy (non-hydrogen) atoms. The highest BCUT2D eigenvalue weighted by molar-refractivity contribution is 5.94. The number of hydrogen-bond acceptors (Lipinski definition) is 5. The summed E-state index contributed by atoms with van der Waals surface area (Å²) >= 11 is 0. The molecule has 2 fully saturated rings. The van der Waals surface area contributed by atoms with Gasteiger partial charge < -0.3 is 9.80 Å². The molecular weight excluding hydrogens is 326 g/mol. The Kier molecular flexibility index (Phi) is 4.57. The first-order valence-electron chi connectivity index (χ1n) is 9.45. The topological polar surface area (TPSA) is 62.2 Å². The van der Waals surface area contributed by atoms with Gasteiger partial charge in [0.25, 0.3) is 5.91 Å². The fourth-order valence-corrected chi connectivity index (χ4v) is 4.10. The van der Waals surface area contributed by atoms with Crippen molar-refractivity contribution < 1.29 is 4.79 Å². The summed E-state index contributed by atoms with van der Waals surface area (Å²) in [5, 5.41) is 0. The van der Waals surface area contributed by atoms with Crippen LogP contribution < -0.4 is 4.90 Å². The zero-order valence-electron chi connectivity index (χ0n) is 15.3. The van der Waals surface area contributed by atoms with Crippen LogP contribution in [0.1, 0.15) is 42.2 Å². The lowest BCUT2D eigenvalue weighted by Gasteiger charge is -2.39. The van der Waals surface area contributed by atoms with Gasteiger partial charge in [-0.05, 0) is 49.3 Å². The van der Waals surface area contributed by atoms with Crippen molar-refractivity contribution in [3.05, 3.63) is 48.0 Å². The van der Waals surface area contributed by atoms with Crippen molar-refractivity contribution in [2.24, 2.45) is 5.41 Å². The van der Waals surface area contributed by atoms with Gasteiger partial charge in [0.05, 0.1) is 5.56 Å². The predicted molar refractivity (Wildman–Crippen MR) is 100 cm³/mol. The molecule has 1 spiro atoms. The van der Waals surface area contributed by atoms with Crippen LogP contribution in [0.3, 0.4) is 0 Å². The van der Waals surface area contributed by atoms with Crippen LogP contribution in [0.5, 0.6) is 0 Å². The van der Waals surface area contributed by atoms with Crippen molar-refractivity contribution >= 4 is 11.9 Å². The monoisotopic (exact) mass is 351 g/mol. The van der Waals surface area contributed by atoms with E-state index in [4.69, 9.17) is 0 Å². The third kappa shape index (κ3) is 3.28. The molecule has 2 aromatic heterocycles. The Morgan fingerprint density at radius 1 is 1.08 bits per heavy atom. The molecule has 6 nitrogen and oxygen atoms in total. The lowest BCUT2D eigenvalue weighted by molar-refractivity contribution is 0.0609. The smallest absolute Gasteiger partial charge is 0.255 e. The molecule has 2 aromatic rings. The van der Waals surface area contributed by atoms with E-state index in [0.717, 1.165) is 63.5 Å². The van der Waals surface area contributed by atoms with Crippen molar-refractivity contribution in [2.75, 3.05) is 31.1 Å². The van der Waals surface area contributed by atoms with E-state index in [-0.39, 0.29) is 5.91 Å². The number of rotatable bonds is 3. The Morgan fingerprint density at radius 2 is 1.81 bits per heavy atom. The van der Waals surface area contributed by atoms with Gasteiger partial charge in [-0.25, -0.2) is 9.97 Å². The minimum atomic E-state index is 0.108. The van der Waals surface area contributed by atoms with Crippen LogP contribution >= 0.6 is 0 Å². The van der Waals surface area contributed by atoms with E-state index in [1.807, 2.05) is 23.1 Å². The third-order valence-electron chi connectivity index (χ3n) is 5.82. The highest BCUT2D eigenvalue weighted by Crippen LogP contribution is 2.41. The number of amides is 1. The first-order valence-corrected chi connectivity index (χ1v) is 9.45. The number of piperidine rings is 1. The molecule has 0 saturated carbocycles. The summed E-state index contributed by atoms with van der Waals surface area (Å²) in [6, 6.07) is 5.71. The maximum atomic E-state index is 12.7. The van der Waals surface area contributed by atoms with Gasteiger partial charge >= 0.3 is 0 Å². The van der Waals surface area contributed by atoms with Gasteiger partial charge in [-0.3, -0.25) is 9.78 Å². The second-order valence-electron chi connectivity index (χ2n) is 7.40. The van der Waals surface area contributed by atoms with E-state index < -0.39 is 0 Å². The Hall–Kier alpha value is -2.50. The number of likely N-dealkylation sites (tertiary alicyclic amines) is 1. The Balaban J connectivity index is 1.37.